The first-order valence-corrected chi connectivity index (χ1v) is 8.28. The second-order valence-corrected chi connectivity index (χ2v) is 6.21. The van der Waals surface area contributed by atoms with E-state index in [1.54, 1.807) is 12.3 Å². The Bertz CT molecular complexity index is 759. The zero-order valence-corrected chi connectivity index (χ0v) is 13.6. The third kappa shape index (κ3) is 3.26. The monoisotopic (exact) mass is 340 g/mol. The summed E-state index contributed by atoms with van der Waals surface area (Å²) in [7, 11) is 0. The smallest absolute Gasteiger partial charge is 0.259 e. The maximum atomic E-state index is 11.8. The minimum absolute atomic E-state index is 0.0198. The molecule has 0 spiro atoms. The van der Waals surface area contributed by atoms with E-state index in [4.69, 9.17) is 15.5 Å². The average molecular weight is 340 g/mol. The molecule has 3 unspecified atom stereocenters. The van der Waals surface area contributed by atoms with Crippen molar-refractivity contribution in [3.8, 4) is 5.75 Å². The number of hydrazine groups is 1. The number of primary amides is 1. The predicted octanol–water partition coefficient (Wildman–Crippen LogP) is -0.370. The van der Waals surface area contributed by atoms with Gasteiger partial charge in [-0.3, -0.25) is 9.80 Å². The van der Waals surface area contributed by atoms with E-state index < -0.39 is 12.0 Å². The Morgan fingerprint density at radius 3 is 3.04 bits per heavy atom. The summed E-state index contributed by atoms with van der Waals surface area (Å²) in [6.07, 6.45) is 4.76. The van der Waals surface area contributed by atoms with Gasteiger partial charge >= 0.3 is 0 Å². The first kappa shape index (κ1) is 15.8. The first-order chi connectivity index (χ1) is 12.2. The highest BCUT2D eigenvalue weighted by molar-refractivity contribution is 6.02. The summed E-state index contributed by atoms with van der Waals surface area (Å²) < 4.78 is 5.85. The number of carbonyl (C=O) groups excluding carboxylic acids is 1. The summed E-state index contributed by atoms with van der Waals surface area (Å²) in [5.41, 5.74) is 9.58. The molecule has 4 N–H and O–H groups in total. The minimum Gasteiger partial charge on any atom is -0.479 e. The molecule has 0 radical (unpaired) electrons. The van der Waals surface area contributed by atoms with Crippen molar-refractivity contribution in [3.63, 3.8) is 0 Å². The number of benzene rings is 1. The molecule has 4 rings (SSSR count). The standard InChI is InChI=1S/C17H20N6O2/c18-16(24)14-10-19-7-12-9-21-23-6-5-15(22-17(12)23)20-8-11-3-1-2-4-13(11)25-14/h1-6,8,12,14,17,19,21H,7,9-10H2,(H2,18,24). The number of nitrogens with one attached hydrogen (secondary N) is 2. The predicted molar refractivity (Wildman–Crippen MR) is 94.2 cm³/mol. The number of amidine groups is 1. The van der Waals surface area contributed by atoms with E-state index in [9.17, 15) is 4.79 Å². The minimum atomic E-state index is -0.747. The van der Waals surface area contributed by atoms with Gasteiger partial charge in [0, 0.05) is 43.5 Å². The number of rotatable bonds is 1. The average Bonchev–Trinajstić information content (AvgIpc) is 3.01. The van der Waals surface area contributed by atoms with E-state index in [0.29, 0.717) is 24.7 Å². The third-order valence-electron chi connectivity index (χ3n) is 4.47. The molecule has 1 aromatic carbocycles. The number of ether oxygens (including phenoxy) is 1. The van der Waals surface area contributed by atoms with Crippen molar-refractivity contribution in [3.05, 3.63) is 42.1 Å². The van der Waals surface area contributed by atoms with Crippen LogP contribution in [0.25, 0.3) is 0 Å². The number of aliphatic imine (C=N–C) groups is 2. The maximum absolute atomic E-state index is 11.8. The Hall–Kier alpha value is -2.71. The van der Waals surface area contributed by atoms with E-state index >= 15 is 0 Å². The van der Waals surface area contributed by atoms with Crippen molar-refractivity contribution in [1.29, 1.82) is 0 Å². The van der Waals surface area contributed by atoms with Crippen LogP contribution >= 0.6 is 0 Å². The van der Waals surface area contributed by atoms with Crippen molar-refractivity contribution in [2.45, 2.75) is 12.3 Å². The van der Waals surface area contributed by atoms with Crippen LogP contribution in [0.3, 0.4) is 0 Å². The number of fused-ring (bicyclic) bond motifs is 1. The van der Waals surface area contributed by atoms with Crippen LogP contribution in [0, 0.1) is 5.92 Å². The quantitative estimate of drug-likeness (QED) is 0.647. The molecule has 3 atom stereocenters. The molecule has 3 heterocycles. The molecule has 8 nitrogen and oxygen atoms in total. The SMILES string of the molecule is NC(=O)C1CNCC2CNN3C=CC(=NC23)N=Cc2ccccc2O1. The maximum Gasteiger partial charge on any atom is 0.259 e. The van der Waals surface area contributed by atoms with E-state index in [-0.39, 0.29) is 12.1 Å². The number of para-hydroxylation sites is 1. The van der Waals surface area contributed by atoms with Crippen molar-refractivity contribution in [2.75, 3.05) is 19.6 Å². The Balaban J connectivity index is 1.69. The third-order valence-corrected chi connectivity index (χ3v) is 4.47. The van der Waals surface area contributed by atoms with Crippen LogP contribution in [0.15, 0.2) is 46.5 Å². The summed E-state index contributed by atoms with van der Waals surface area (Å²) in [6, 6.07) is 7.42. The van der Waals surface area contributed by atoms with Crippen molar-refractivity contribution >= 4 is 18.0 Å². The molecule has 1 amide bonds. The fraction of sp³-hybridized carbons (Fsp3) is 0.353. The molecule has 1 aromatic rings. The topological polar surface area (TPSA) is 104 Å². The molecule has 2 bridgehead atoms. The van der Waals surface area contributed by atoms with Gasteiger partial charge in [-0.2, -0.15) is 0 Å². The fourth-order valence-corrected chi connectivity index (χ4v) is 3.12. The van der Waals surface area contributed by atoms with Gasteiger partial charge < -0.3 is 15.8 Å². The van der Waals surface area contributed by atoms with E-state index in [2.05, 4.69) is 15.7 Å². The van der Waals surface area contributed by atoms with Crippen LogP contribution in [0.4, 0.5) is 0 Å². The number of carbonyl (C=O) groups is 1. The molecule has 1 fully saturated rings. The van der Waals surface area contributed by atoms with Gasteiger partial charge in [0.1, 0.15) is 11.9 Å². The lowest BCUT2D eigenvalue weighted by atomic mass is 10.1. The Kier molecular flexibility index (Phi) is 4.21. The fourth-order valence-electron chi connectivity index (χ4n) is 3.12. The summed E-state index contributed by atoms with van der Waals surface area (Å²) in [5.74, 6) is 0.988. The number of hydrogen-bond donors (Lipinski definition) is 3. The van der Waals surface area contributed by atoms with Crippen molar-refractivity contribution in [1.82, 2.24) is 15.8 Å². The lowest BCUT2D eigenvalue weighted by Crippen LogP contribution is -2.44. The van der Waals surface area contributed by atoms with Gasteiger partial charge in [-0.25, -0.2) is 15.4 Å². The normalized spacial score (nSPS) is 28.1. The molecule has 1 saturated heterocycles. The zero-order chi connectivity index (χ0) is 17.2. The number of amides is 1. The Morgan fingerprint density at radius 2 is 2.16 bits per heavy atom. The van der Waals surface area contributed by atoms with Crippen LogP contribution in [0.2, 0.25) is 0 Å². The van der Waals surface area contributed by atoms with Crippen LogP contribution in [0.5, 0.6) is 5.75 Å². The van der Waals surface area contributed by atoms with E-state index in [1.165, 1.54) is 0 Å². The molecule has 3 aliphatic heterocycles. The highest BCUT2D eigenvalue weighted by Crippen LogP contribution is 2.22. The summed E-state index contributed by atoms with van der Waals surface area (Å²) >= 11 is 0. The second-order valence-electron chi connectivity index (χ2n) is 6.21. The van der Waals surface area contributed by atoms with Crippen LogP contribution < -0.4 is 21.2 Å². The molecular weight excluding hydrogens is 320 g/mol. The van der Waals surface area contributed by atoms with Gasteiger partial charge in [-0.05, 0) is 18.2 Å². The lowest BCUT2D eigenvalue weighted by Gasteiger charge is -2.25. The van der Waals surface area contributed by atoms with Crippen LogP contribution in [-0.2, 0) is 4.79 Å². The summed E-state index contributed by atoms with van der Waals surface area (Å²) in [4.78, 5) is 21.0. The van der Waals surface area contributed by atoms with Gasteiger partial charge in [0.25, 0.3) is 5.91 Å². The number of nitrogens with zero attached hydrogens (tertiary/aromatic N) is 3. The Morgan fingerprint density at radius 1 is 1.28 bits per heavy atom. The van der Waals surface area contributed by atoms with Gasteiger partial charge in [-0.1, -0.05) is 12.1 Å². The second kappa shape index (κ2) is 6.66. The summed E-state index contributed by atoms with van der Waals surface area (Å²) in [6.45, 7) is 1.83. The molecule has 8 heteroatoms. The molecule has 3 aliphatic rings. The zero-order valence-electron chi connectivity index (χ0n) is 13.6. The highest BCUT2D eigenvalue weighted by Gasteiger charge is 2.34. The van der Waals surface area contributed by atoms with Gasteiger partial charge in [0.2, 0.25) is 0 Å². The van der Waals surface area contributed by atoms with Gasteiger partial charge in [-0.15, -0.1) is 0 Å². The van der Waals surface area contributed by atoms with Crippen LogP contribution in [-0.4, -0.2) is 54.9 Å². The number of hydrogen-bond acceptors (Lipinski definition) is 7. The van der Waals surface area contributed by atoms with Gasteiger partial charge in [0.15, 0.2) is 11.9 Å². The first-order valence-electron chi connectivity index (χ1n) is 8.28. The summed E-state index contributed by atoms with van der Waals surface area (Å²) in [5, 5.41) is 5.28. The molecule has 130 valence electrons. The van der Waals surface area contributed by atoms with E-state index in [0.717, 1.165) is 12.1 Å². The highest BCUT2D eigenvalue weighted by atomic mass is 16.5. The Labute approximate surface area is 145 Å². The molecule has 0 saturated carbocycles. The largest absolute Gasteiger partial charge is 0.479 e. The molecule has 0 aromatic heterocycles. The van der Waals surface area contributed by atoms with E-state index in [1.807, 2.05) is 35.5 Å². The lowest BCUT2D eigenvalue weighted by molar-refractivity contribution is -0.124. The number of nitrogens with two attached hydrogens (primary N) is 1. The van der Waals surface area contributed by atoms with Crippen molar-refractivity contribution in [2.24, 2.45) is 21.6 Å². The molecule has 25 heavy (non-hydrogen) atoms. The molecular formula is C17H20N6O2. The van der Waals surface area contributed by atoms with Crippen LogP contribution in [0.1, 0.15) is 5.56 Å². The van der Waals surface area contributed by atoms with Gasteiger partial charge in [0.05, 0.1) is 0 Å². The molecule has 0 aliphatic carbocycles. The van der Waals surface area contributed by atoms with Crippen molar-refractivity contribution < 1.29 is 9.53 Å².